The average molecular weight is 400 g/mol. The van der Waals surface area contributed by atoms with Crippen LogP contribution in [0.1, 0.15) is 30.9 Å². The van der Waals surface area contributed by atoms with E-state index in [0.717, 1.165) is 34.2 Å². The smallest absolute Gasteiger partial charge is 0.363 e. The number of cyclic esters (lactones) is 1. The van der Waals surface area contributed by atoms with Crippen LogP contribution in [0.2, 0.25) is 0 Å². The molecule has 0 saturated heterocycles. The van der Waals surface area contributed by atoms with E-state index in [1.807, 2.05) is 48.5 Å². The summed E-state index contributed by atoms with van der Waals surface area (Å²) < 4.78 is 11.9. The van der Waals surface area contributed by atoms with Crippen molar-refractivity contribution >= 4 is 33.9 Å². The summed E-state index contributed by atoms with van der Waals surface area (Å²) in [5.41, 5.74) is 1.91. The lowest BCUT2D eigenvalue weighted by molar-refractivity contribution is -0.129. The number of unbranched alkanes of at least 4 members (excludes halogenated alkanes) is 1. The van der Waals surface area contributed by atoms with Crippen molar-refractivity contribution in [2.24, 2.45) is 4.99 Å². The molecule has 0 bridgehead atoms. The Morgan fingerprint density at radius 2 is 2.00 bits per heavy atom. The van der Waals surface area contributed by atoms with E-state index in [1.54, 1.807) is 6.08 Å². The Kier molecular flexibility index (Phi) is 5.66. The number of carbonyl (C=O) groups excluding carboxylic acids is 1. The van der Waals surface area contributed by atoms with E-state index >= 15 is 0 Å². The molecule has 1 heterocycles. The number of hydrogen-bond donors (Lipinski definition) is 0. The van der Waals surface area contributed by atoms with Crippen LogP contribution in [0, 0.1) is 0 Å². The summed E-state index contributed by atoms with van der Waals surface area (Å²) in [6.07, 6.45) is 3.83. The second-order valence-corrected chi connectivity index (χ2v) is 6.53. The van der Waals surface area contributed by atoms with E-state index in [9.17, 15) is 4.79 Å². The molecule has 0 aliphatic carbocycles. The zero-order chi connectivity index (χ0) is 17.6. The van der Waals surface area contributed by atoms with Gasteiger partial charge >= 0.3 is 5.97 Å². The number of esters is 1. The van der Waals surface area contributed by atoms with Gasteiger partial charge in [-0.1, -0.05) is 41.4 Å². The van der Waals surface area contributed by atoms with Crippen molar-refractivity contribution < 1.29 is 14.3 Å². The highest BCUT2D eigenvalue weighted by Crippen LogP contribution is 2.22. The van der Waals surface area contributed by atoms with Gasteiger partial charge in [0.2, 0.25) is 5.90 Å². The highest BCUT2D eigenvalue weighted by atomic mass is 79.9. The van der Waals surface area contributed by atoms with Crippen LogP contribution in [0.4, 0.5) is 0 Å². The Balaban J connectivity index is 1.76. The summed E-state index contributed by atoms with van der Waals surface area (Å²) in [7, 11) is 0. The number of ether oxygens (including phenoxy) is 2. The van der Waals surface area contributed by atoms with Gasteiger partial charge in [-0.3, -0.25) is 0 Å². The molecular formula is C20H18BrNO3. The minimum absolute atomic E-state index is 0.288. The van der Waals surface area contributed by atoms with Gasteiger partial charge in [-0.25, -0.2) is 9.79 Å². The summed E-state index contributed by atoms with van der Waals surface area (Å²) in [4.78, 5) is 16.4. The van der Waals surface area contributed by atoms with Crippen LogP contribution in [0.3, 0.4) is 0 Å². The van der Waals surface area contributed by atoms with Gasteiger partial charge in [0, 0.05) is 10.0 Å². The first-order valence-corrected chi connectivity index (χ1v) is 8.96. The number of nitrogens with zero attached hydrogens (tertiary/aromatic N) is 1. The quantitative estimate of drug-likeness (QED) is 0.391. The summed E-state index contributed by atoms with van der Waals surface area (Å²) in [5, 5.41) is 0. The molecule has 0 unspecified atom stereocenters. The summed E-state index contributed by atoms with van der Waals surface area (Å²) >= 11 is 3.41. The highest BCUT2D eigenvalue weighted by molar-refractivity contribution is 9.10. The van der Waals surface area contributed by atoms with E-state index in [0.29, 0.717) is 12.5 Å². The SMILES string of the molecule is CCCCOc1ccc(C2=N/C(=C\c3cccc(Br)c3)C(=O)O2)cc1. The lowest BCUT2D eigenvalue weighted by Crippen LogP contribution is -2.05. The van der Waals surface area contributed by atoms with Crippen LogP contribution in [-0.4, -0.2) is 18.5 Å². The van der Waals surface area contributed by atoms with Crippen LogP contribution in [0.5, 0.6) is 5.75 Å². The minimum atomic E-state index is -0.446. The van der Waals surface area contributed by atoms with Crippen LogP contribution < -0.4 is 4.74 Å². The molecule has 0 atom stereocenters. The third-order valence-electron chi connectivity index (χ3n) is 3.64. The first-order chi connectivity index (χ1) is 12.2. The predicted molar refractivity (Wildman–Crippen MR) is 102 cm³/mol. The van der Waals surface area contributed by atoms with Gasteiger partial charge < -0.3 is 9.47 Å². The molecule has 2 aromatic rings. The zero-order valence-electron chi connectivity index (χ0n) is 13.9. The van der Waals surface area contributed by atoms with Crippen LogP contribution >= 0.6 is 15.9 Å². The lowest BCUT2D eigenvalue weighted by atomic mass is 10.2. The van der Waals surface area contributed by atoms with Crippen molar-refractivity contribution in [1.29, 1.82) is 0 Å². The van der Waals surface area contributed by atoms with E-state index in [2.05, 4.69) is 27.8 Å². The molecule has 25 heavy (non-hydrogen) atoms. The number of hydrogen-bond acceptors (Lipinski definition) is 4. The Bertz CT molecular complexity index is 825. The van der Waals surface area contributed by atoms with Crippen LogP contribution in [0.15, 0.2) is 63.7 Å². The molecule has 0 fully saturated rings. The van der Waals surface area contributed by atoms with E-state index in [1.165, 1.54) is 0 Å². The third kappa shape index (κ3) is 4.57. The monoisotopic (exact) mass is 399 g/mol. The van der Waals surface area contributed by atoms with Crippen LogP contribution in [-0.2, 0) is 9.53 Å². The molecule has 0 radical (unpaired) electrons. The summed E-state index contributed by atoms with van der Waals surface area (Å²) in [6.45, 7) is 2.82. The second kappa shape index (κ2) is 8.12. The Morgan fingerprint density at radius 1 is 1.20 bits per heavy atom. The van der Waals surface area contributed by atoms with Gasteiger partial charge in [-0.15, -0.1) is 0 Å². The van der Waals surface area contributed by atoms with Gasteiger partial charge in [-0.05, 0) is 54.5 Å². The van der Waals surface area contributed by atoms with Gasteiger partial charge in [0.05, 0.1) is 6.61 Å². The largest absolute Gasteiger partial charge is 0.494 e. The Hall–Kier alpha value is -2.40. The lowest BCUT2D eigenvalue weighted by Gasteiger charge is -2.05. The number of carbonyl (C=O) groups is 1. The van der Waals surface area contributed by atoms with Crippen molar-refractivity contribution in [1.82, 2.24) is 0 Å². The van der Waals surface area contributed by atoms with E-state index in [-0.39, 0.29) is 5.70 Å². The fourth-order valence-electron chi connectivity index (χ4n) is 2.31. The van der Waals surface area contributed by atoms with Crippen molar-refractivity contribution in [2.45, 2.75) is 19.8 Å². The first kappa shape index (κ1) is 17.4. The molecular weight excluding hydrogens is 382 g/mol. The van der Waals surface area contributed by atoms with Gasteiger partial charge in [-0.2, -0.15) is 0 Å². The highest BCUT2D eigenvalue weighted by Gasteiger charge is 2.24. The molecule has 1 aliphatic heterocycles. The fraction of sp³-hybridized carbons (Fsp3) is 0.200. The fourth-order valence-corrected chi connectivity index (χ4v) is 2.73. The molecule has 1 aliphatic rings. The molecule has 4 nitrogen and oxygen atoms in total. The Labute approximate surface area is 155 Å². The number of rotatable bonds is 6. The van der Waals surface area contributed by atoms with E-state index in [4.69, 9.17) is 9.47 Å². The molecule has 0 spiro atoms. The molecule has 128 valence electrons. The molecule has 2 aromatic carbocycles. The number of halogens is 1. The number of aliphatic imine (C=N–C) groups is 1. The maximum absolute atomic E-state index is 12.0. The molecule has 5 heteroatoms. The normalized spacial score (nSPS) is 15.2. The minimum Gasteiger partial charge on any atom is -0.494 e. The van der Waals surface area contributed by atoms with Crippen LogP contribution in [0.25, 0.3) is 6.08 Å². The van der Waals surface area contributed by atoms with Crippen molar-refractivity contribution in [2.75, 3.05) is 6.61 Å². The molecule has 0 N–H and O–H groups in total. The standard InChI is InChI=1S/C20H18BrNO3/c1-2-3-11-24-17-9-7-15(8-10-17)19-22-18(20(23)25-19)13-14-5-4-6-16(21)12-14/h4-10,12-13H,2-3,11H2,1H3/b18-13-. The van der Waals surface area contributed by atoms with Crippen molar-refractivity contribution in [3.8, 4) is 5.75 Å². The molecule has 0 saturated carbocycles. The average Bonchev–Trinajstić information content (AvgIpc) is 2.96. The first-order valence-electron chi connectivity index (χ1n) is 8.17. The maximum atomic E-state index is 12.0. The van der Waals surface area contributed by atoms with Gasteiger partial charge in [0.15, 0.2) is 5.70 Å². The van der Waals surface area contributed by atoms with Crippen molar-refractivity contribution in [3.63, 3.8) is 0 Å². The second-order valence-electron chi connectivity index (χ2n) is 5.62. The Morgan fingerprint density at radius 3 is 2.72 bits per heavy atom. The summed E-state index contributed by atoms with van der Waals surface area (Å²) in [6, 6.07) is 15.0. The van der Waals surface area contributed by atoms with Gasteiger partial charge in [0.1, 0.15) is 5.75 Å². The summed E-state index contributed by atoms with van der Waals surface area (Å²) in [5.74, 6) is 0.664. The predicted octanol–water partition coefficient (Wildman–Crippen LogP) is 4.97. The molecule has 0 aromatic heterocycles. The van der Waals surface area contributed by atoms with Crippen molar-refractivity contribution in [3.05, 3.63) is 69.8 Å². The number of benzene rings is 2. The third-order valence-corrected chi connectivity index (χ3v) is 4.13. The van der Waals surface area contributed by atoms with Gasteiger partial charge in [0.25, 0.3) is 0 Å². The zero-order valence-corrected chi connectivity index (χ0v) is 15.5. The van der Waals surface area contributed by atoms with E-state index < -0.39 is 5.97 Å². The molecule has 0 amide bonds. The topological polar surface area (TPSA) is 47.9 Å². The molecule has 3 rings (SSSR count). The maximum Gasteiger partial charge on any atom is 0.363 e.